The Balaban J connectivity index is 2.38. The SMILES string of the molecule is CCOC(=O)C(CC)(CC)c1nc(C2CCCC2)nn1C. The highest BCUT2D eigenvalue weighted by Gasteiger charge is 2.43. The lowest BCUT2D eigenvalue weighted by Crippen LogP contribution is -2.39. The Morgan fingerprint density at radius 2 is 1.90 bits per heavy atom. The van der Waals surface area contributed by atoms with Gasteiger partial charge in [-0.1, -0.05) is 26.7 Å². The van der Waals surface area contributed by atoms with Crippen molar-refractivity contribution in [3.8, 4) is 0 Å². The van der Waals surface area contributed by atoms with Crippen molar-refractivity contribution in [1.29, 1.82) is 0 Å². The number of carbonyl (C=O) groups is 1. The first-order chi connectivity index (χ1) is 10.1. The first-order valence-corrected chi connectivity index (χ1v) is 8.17. The molecule has 0 unspecified atom stereocenters. The van der Waals surface area contributed by atoms with E-state index in [4.69, 9.17) is 9.72 Å². The summed E-state index contributed by atoms with van der Waals surface area (Å²) in [5.74, 6) is 1.94. The number of rotatable bonds is 6. The van der Waals surface area contributed by atoms with E-state index in [0.29, 0.717) is 25.4 Å². The molecular weight excluding hydrogens is 266 g/mol. The molecule has 1 aliphatic rings. The molecule has 0 amide bonds. The Hall–Kier alpha value is -1.39. The van der Waals surface area contributed by atoms with Gasteiger partial charge in [0.2, 0.25) is 0 Å². The second kappa shape index (κ2) is 6.58. The molecule has 1 aromatic rings. The highest BCUT2D eigenvalue weighted by Crippen LogP contribution is 2.36. The van der Waals surface area contributed by atoms with Gasteiger partial charge in [-0.3, -0.25) is 9.48 Å². The van der Waals surface area contributed by atoms with Gasteiger partial charge in [0, 0.05) is 13.0 Å². The van der Waals surface area contributed by atoms with E-state index in [-0.39, 0.29) is 5.97 Å². The summed E-state index contributed by atoms with van der Waals surface area (Å²) in [5.41, 5.74) is -0.672. The predicted octanol–water partition coefficient (Wildman–Crippen LogP) is 3.09. The molecule has 5 nitrogen and oxygen atoms in total. The van der Waals surface area contributed by atoms with Gasteiger partial charge in [0.05, 0.1) is 6.61 Å². The van der Waals surface area contributed by atoms with Crippen LogP contribution in [-0.2, 0) is 22.0 Å². The zero-order valence-corrected chi connectivity index (χ0v) is 13.7. The first-order valence-electron chi connectivity index (χ1n) is 8.17. The van der Waals surface area contributed by atoms with E-state index >= 15 is 0 Å². The highest BCUT2D eigenvalue weighted by atomic mass is 16.5. The van der Waals surface area contributed by atoms with Crippen molar-refractivity contribution in [2.45, 2.75) is 70.6 Å². The largest absolute Gasteiger partial charge is 0.465 e. The predicted molar refractivity (Wildman–Crippen MR) is 81.1 cm³/mol. The van der Waals surface area contributed by atoms with Crippen LogP contribution in [0.2, 0.25) is 0 Å². The Bertz CT molecular complexity index is 486. The maximum absolute atomic E-state index is 12.5. The van der Waals surface area contributed by atoms with Gasteiger partial charge in [-0.05, 0) is 32.6 Å². The van der Waals surface area contributed by atoms with E-state index in [1.54, 1.807) is 4.68 Å². The lowest BCUT2D eigenvalue weighted by atomic mass is 9.81. The van der Waals surface area contributed by atoms with E-state index in [0.717, 1.165) is 24.5 Å². The third kappa shape index (κ3) is 2.83. The normalized spacial score (nSPS) is 16.4. The van der Waals surface area contributed by atoms with Crippen LogP contribution in [0.25, 0.3) is 0 Å². The molecule has 1 aliphatic carbocycles. The van der Waals surface area contributed by atoms with Crippen molar-refractivity contribution in [1.82, 2.24) is 14.8 Å². The van der Waals surface area contributed by atoms with Gasteiger partial charge in [0.1, 0.15) is 11.2 Å². The third-order valence-electron chi connectivity index (χ3n) is 4.80. The maximum atomic E-state index is 12.5. The second-order valence-corrected chi connectivity index (χ2v) is 5.91. The minimum Gasteiger partial charge on any atom is -0.465 e. The van der Waals surface area contributed by atoms with Crippen LogP contribution in [-0.4, -0.2) is 27.3 Å². The summed E-state index contributed by atoms with van der Waals surface area (Å²) >= 11 is 0. The topological polar surface area (TPSA) is 57.0 Å². The fourth-order valence-electron chi connectivity index (χ4n) is 3.39. The molecule has 0 radical (unpaired) electrons. The van der Waals surface area contributed by atoms with Crippen molar-refractivity contribution in [3.63, 3.8) is 0 Å². The molecule has 2 rings (SSSR count). The number of hydrogen-bond donors (Lipinski definition) is 0. The molecule has 0 bridgehead atoms. The fraction of sp³-hybridized carbons (Fsp3) is 0.812. The minimum absolute atomic E-state index is 0.177. The zero-order valence-electron chi connectivity index (χ0n) is 13.7. The third-order valence-corrected chi connectivity index (χ3v) is 4.80. The Morgan fingerprint density at radius 3 is 2.43 bits per heavy atom. The molecule has 1 heterocycles. The molecule has 0 N–H and O–H groups in total. The molecule has 21 heavy (non-hydrogen) atoms. The monoisotopic (exact) mass is 293 g/mol. The van der Waals surface area contributed by atoms with Crippen LogP contribution in [0, 0.1) is 0 Å². The van der Waals surface area contributed by atoms with Crippen LogP contribution >= 0.6 is 0 Å². The molecule has 5 heteroatoms. The lowest BCUT2D eigenvalue weighted by Gasteiger charge is -2.27. The van der Waals surface area contributed by atoms with Crippen LogP contribution in [0.1, 0.15) is 76.9 Å². The van der Waals surface area contributed by atoms with Gasteiger partial charge in [-0.15, -0.1) is 0 Å². The minimum atomic E-state index is -0.672. The molecule has 1 saturated carbocycles. The lowest BCUT2D eigenvalue weighted by molar-refractivity contribution is -0.151. The van der Waals surface area contributed by atoms with Crippen molar-refractivity contribution >= 4 is 5.97 Å². The number of aromatic nitrogens is 3. The van der Waals surface area contributed by atoms with Crippen LogP contribution in [0.5, 0.6) is 0 Å². The van der Waals surface area contributed by atoms with Gasteiger partial charge in [-0.25, -0.2) is 4.98 Å². The van der Waals surface area contributed by atoms with Gasteiger partial charge >= 0.3 is 5.97 Å². The summed E-state index contributed by atoms with van der Waals surface area (Å²) in [6.45, 7) is 6.28. The standard InChI is InChI=1S/C16H27N3O2/c1-5-16(6-2,15(20)21-7-3)14-17-13(18-19(14)4)12-10-8-9-11-12/h12H,5-11H2,1-4H3. The quantitative estimate of drug-likeness (QED) is 0.756. The maximum Gasteiger partial charge on any atom is 0.319 e. The molecule has 1 aromatic heterocycles. The van der Waals surface area contributed by atoms with Crippen LogP contribution in [0.3, 0.4) is 0 Å². The fourth-order valence-corrected chi connectivity index (χ4v) is 3.39. The number of hydrogen-bond acceptors (Lipinski definition) is 4. The van der Waals surface area contributed by atoms with E-state index in [1.807, 2.05) is 27.8 Å². The van der Waals surface area contributed by atoms with Crippen LogP contribution < -0.4 is 0 Å². The van der Waals surface area contributed by atoms with Crippen LogP contribution in [0.15, 0.2) is 0 Å². The number of nitrogens with zero attached hydrogens (tertiary/aromatic N) is 3. The zero-order chi connectivity index (χ0) is 15.5. The van der Waals surface area contributed by atoms with Gasteiger partial charge < -0.3 is 4.74 Å². The Kier molecular flexibility index (Phi) is 5.01. The van der Waals surface area contributed by atoms with E-state index in [1.165, 1.54) is 12.8 Å². The number of ether oxygens (including phenoxy) is 1. The van der Waals surface area contributed by atoms with Crippen molar-refractivity contribution in [3.05, 3.63) is 11.6 Å². The van der Waals surface area contributed by atoms with E-state index < -0.39 is 5.41 Å². The first kappa shape index (κ1) is 16.0. The smallest absolute Gasteiger partial charge is 0.319 e. The molecule has 1 fully saturated rings. The molecule has 0 spiro atoms. The van der Waals surface area contributed by atoms with Crippen molar-refractivity contribution in [2.24, 2.45) is 7.05 Å². The van der Waals surface area contributed by atoms with E-state index in [2.05, 4.69) is 5.10 Å². The number of aryl methyl sites for hydroxylation is 1. The van der Waals surface area contributed by atoms with Gasteiger partial charge in [0.15, 0.2) is 5.82 Å². The Morgan fingerprint density at radius 1 is 1.29 bits per heavy atom. The molecule has 0 atom stereocenters. The number of esters is 1. The molecule has 0 aliphatic heterocycles. The Labute approximate surface area is 127 Å². The molecular formula is C16H27N3O2. The summed E-state index contributed by atoms with van der Waals surface area (Å²) in [6, 6.07) is 0. The van der Waals surface area contributed by atoms with Gasteiger partial charge in [0.25, 0.3) is 0 Å². The summed E-state index contributed by atoms with van der Waals surface area (Å²) in [6.07, 6.45) is 6.19. The molecule has 118 valence electrons. The van der Waals surface area contributed by atoms with E-state index in [9.17, 15) is 4.79 Å². The average molecular weight is 293 g/mol. The summed E-state index contributed by atoms with van der Waals surface area (Å²) in [4.78, 5) is 17.3. The number of carbonyl (C=O) groups excluding carboxylic acids is 1. The summed E-state index contributed by atoms with van der Waals surface area (Å²) in [5, 5.41) is 4.59. The molecule has 0 aromatic carbocycles. The van der Waals surface area contributed by atoms with Gasteiger partial charge in [-0.2, -0.15) is 5.10 Å². The second-order valence-electron chi connectivity index (χ2n) is 5.91. The highest BCUT2D eigenvalue weighted by molar-refractivity contribution is 5.82. The van der Waals surface area contributed by atoms with Crippen molar-refractivity contribution < 1.29 is 9.53 Å². The summed E-state index contributed by atoms with van der Waals surface area (Å²) in [7, 11) is 1.89. The summed E-state index contributed by atoms with van der Waals surface area (Å²) < 4.78 is 7.10. The van der Waals surface area contributed by atoms with Crippen LogP contribution in [0.4, 0.5) is 0 Å². The average Bonchev–Trinajstić information content (AvgIpc) is 3.11. The molecule has 0 saturated heterocycles. The van der Waals surface area contributed by atoms with Crippen molar-refractivity contribution in [2.75, 3.05) is 6.61 Å².